The Labute approximate surface area is 186 Å². The standard InChI is InChI=1S/C29H30N2/c1-3-7-26(8-4-1)20-30-22-28-15-11-24(12-16-28)19-25-13-17-29(18-14-25)23-31-21-27-9-5-2-6-10-27/h1-18,30-31H,19-23H2. The zero-order valence-electron chi connectivity index (χ0n) is 17.9. The van der Waals surface area contributed by atoms with Gasteiger partial charge in [0.25, 0.3) is 0 Å². The highest BCUT2D eigenvalue weighted by atomic mass is 14.8. The molecule has 2 N–H and O–H groups in total. The van der Waals surface area contributed by atoms with E-state index >= 15 is 0 Å². The van der Waals surface area contributed by atoms with E-state index in [2.05, 4.69) is 120 Å². The first-order chi connectivity index (χ1) is 15.3. The third-order valence-corrected chi connectivity index (χ3v) is 5.46. The van der Waals surface area contributed by atoms with Crippen LogP contribution in [0.15, 0.2) is 109 Å². The van der Waals surface area contributed by atoms with Gasteiger partial charge in [-0.05, 0) is 39.8 Å². The van der Waals surface area contributed by atoms with Gasteiger partial charge in [-0.15, -0.1) is 0 Å². The number of benzene rings is 4. The molecule has 0 radical (unpaired) electrons. The van der Waals surface area contributed by atoms with Gasteiger partial charge in [0.15, 0.2) is 0 Å². The Balaban J connectivity index is 1.21. The summed E-state index contributed by atoms with van der Waals surface area (Å²) in [5.41, 5.74) is 7.97. The van der Waals surface area contributed by atoms with E-state index in [9.17, 15) is 0 Å². The van der Waals surface area contributed by atoms with Crippen molar-refractivity contribution < 1.29 is 0 Å². The quantitative estimate of drug-likeness (QED) is 0.345. The van der Waals surface area contributed by atoms with Crippen LogP contribution in [-0.4, -0.2) is 0 Å². The van der Waals surface area contributed by atoms with Crippen molar-refractivity contribution in [2.24, 2.45) is 0 Å². The summed E-state index contributed by atoms with van der Waals surface area (Å²) in [6.07, 6.45) is 0.968. The van der Waals surface area contributed by atoms with Crippen LogP contribution in [0.3, 0.4) is 0 Å². The Kier molecular flexibility index (Phi) is 7.65. The zero-order chi connectivity index (χ0) is 21.1. The molecule has 0 heterocycles. The molecule has 2 heteroatoms. The SMILES string of the molecule is c1ccc(CNCc2ccc(Cc3ccc(CNCc4ccccc4)cc3)cc2)cc1. The molecule has 4 rings (SSSR count). The van der Waals surface area contributed by atoms with Crippen LogP contribution in [0.4, 0.5) is 0 Å². The summed E-state index contributed by atoms with van der Waals surface area (Å²) in [7, 11) is 0. The van der Waals surface area contributed by atoms with Crippen LogP contribution in [-0.2, 0) is 32.6 Å². The van der Waals surface area contributed by atoms with Crippen molar-refractivity contribution in [2.75, 3.05) is 0 Å². The molecule has 31 heavy (non-hydrogen) atoms. The average molecular weight is 407 g/mol. The van der Waals surface area contributed by atoms with E-state index < -0.39 is 0 Å². The minimum atomic E-state index is 0.889. The molecule has 0 aromatic heterocycles. The maximum Gasteiger partial charge on any atom is 0.0208 e. The molecule has 0 atom stereocenters. The van der Waals surface area contributed by atoms with Gasteiger partial charge < -0.3 is 10.6 Å². The predicted octanol–water partition coefficient (Wildman–Crippen LogP) is 5.86. The van der Waals surface area contributed by atoms with Gasteiger partial charge in [-0.2, -0.15) is 0 Å². The van der Waals surface area contributed by atoms with E-state index in [4.69, 9.17) is 0 Å². The smallest absolute Gasteiger partial charge is 0.0208 e. The fraction of sp³-hybridized carbons (Fsp3) is 0.172. The molecule has 0 unspecified atom stereocenters. The molecule has 0 spiro atoms. The molecule has 4 aromatic rings. The van der Waals surface area contributed by atoms with Crippen molar-refractivity contribution in [2.45, 2.75) is 32.6 Å². The van der Waals surface area contributed by atoms with Gasteiger partial charge in [-0.3, -0.25) is 0 Å². The molecule has 0 saturated carbocycles. The van der Waals surface area contributed by atoms with Crippen molar-refractivity contribution in [3.8, 4) is 0 Å². The van der Waals surface area contributed by atoms with E-state index in [-0.39, 0.29) is 0 Å². The molecule has 4 aromatic carbocycles. The maximum absolute atomic E-state index is 3.51. The molecule has 0 amide bonds. The fourth-order valence-corrected chi connectivity index (χ4v) is 3.68. The Morgan fingerprint density at radius 1 is 0.323 bits per heavy atom. The molecule has 2 nitrogen and oxygen atoms in total. The van der Waals surface area contributed by atoms with Crippen LogP contribution in [0.2, 0.25) is 0 Å². The van der Waals surface area contributed by atoms with E-state index in [1.165, 1.54) is 33.4 Å². The number of nitrogens with one attached hydrogen (secondary N) is 2. The second-order valence-corrected chi connectivity index (χ2v) is 7.99. The van der Waals surface area contributed by atoms with Gasteiger partial charge >= 0.3 is 0 Å². The van der Waals surface area contributed by atoms with Gasteiger partial charge in [0.05, 0.1) is 0 Å². The molecular formula is C29H30N2. The normalized spacial score (nSPS) is 10.8. The summed E-state index contributed by atoms with van der Waals surface area (Å²) in [5.74, 6) is 0. The minimum absolute atomic E-state index is 0.889. The summed E-state index contributed by atoms with van der Waals surface area (Å²) in [6.45, 7) is 3.57. The van der Waals surface area contributed by atoms with Crippen molar-refractivity contribution >= 4 is 0 Å². The summed E-state index contributed by atoms with van der Waals surface area (Å²) in [5, 5.41) is 7.03. The van der Waals surface area contributed by atoms with Crippen molar-refractivity contribution in [1.82, 2.24) is 10.6 Å². The Hall–Kier alpha value is -3.20. The van der Waals surface area contributed by atoms with E-state index in [0.29, 0.717) is 0 Å². The van der Waals surface area contributed by atoms with Gasteiger partial charge in [0, 0.05) is 26.2 Å². The van der Waals surface area contributed by atoms with Crippen LogP contribution in [0.25, 0.3) is 0 Å². The molecule has 0 aliphatic heterocycles. The van der Waals surface area contributed by atoms with Gasteiger partial charge in [0.1, 0.15) is 0 Å². The lowest BCUT2D eigenvalue weighted by Gasteiger charge is -2.08. The Morgan fingerprint density at radius 3 is 0.968 bits per heavy atom. The number of hydrogen-bond donors (Lipinski definition) is 2. The lowest BCUT2D eigenvalue weighted by atomic mass is 10.0. The molecule has 0 bridgehead atoms. The third-order valence-electron chi connectivity index (χ3n) is 5.46. The van der Waals surface area contributed by atoms with Crippen molar-refractivity contribution in [3.63, 3.8) is 0 Å². The molecular weight excluding hydrogens is 376 g/mol. The molecule has 156 valence electrons. The van der Waals surface area contributed by atoms with Crippen LogP contribution >= 0.6 is 0 Å². The molecule has 0 aliphatic carbocycles. The largest absolute Gasteiger partial charge is 0.309 e. The predicted molar refractivity (Wildman–Crippen MR) is 130 cm³/mol. The number of rotatable bonds is 10. The first kappa shape index (κ1) is 21.0. The highest BCUT2D eigenvalue weighted by Crippen LogP contribution is 2.13. The summed E-state index contributed by atoms with van der Waals surface area (Å²) in [6, 6.07) is 39.0. The highest BCUT2D eigenvalue weighted by molar-refractivity contribution is 5.30. The summed E-state index contributed by atoms with van der Waals surface area (Å²) >= 11 is 0. The fourth-order valence-electron chi connectivity index (χ4n) is 3.68. The summed E-state index contributed by atoms with van der Waals surface area (Å²) in [4.78, 5) is 0. The second kappa shape index (κ2) is 11.3. The van der Waals surface area contributed by atoms with Gasteiger partial charge in [-0.25, -0.2) is 0 Å². The second-order valence-electron chi connectivity index (χ2n) is 7.99. The number of hydrogen-bond acceptors (Lipinski definition) is 2. The van der Waals surface area contributed by atoms with E-state index in [0.717, 1.165) is 32.6 Å². The van der Waals surface area contributed by atoms with E-state index in [1.807, 2.05) is 0 Å². The molecule has 0 fully saturated rings. The van der Waals surface area contributed by atoms with E-state index in [1.54, 1.807) is 0 Å². The lowest BCUT2D eigenvalue weighted by molar-refractivity contribution is 0.693. The molecule has 0 saturated heterocycles. The first-order valence-corrected chi connectivity index (χ1v) is 11.0. The Morgan fingerprint density at radius 2 is 0.613 bits per heavy atom. The van der Waals surface area contributed by atoms with Gasteiger partial charge in [-0.1, -0.05) is 109 Å². The first-order valence-electron chi connectivity index (χ1n) is 11.0. The van der Waals surface area contributed by atoms with Crippen molar-refractivity contribution in [1.29, 1.82) is 0 Å². The van der Waals surface area contributed by atoms with Gasteiger partial charge in [0.2, 0.25) is 0 Å². The average Bonchev–Trinajstić information content (AvgIpc) is 2.83. The van der Waals surface area contributed by atoms with Crippen LogP contribution in [0.1, 0.15) is 33.4 Å². The monoisotopic (exact) mass is 406 g/mol. The van der Waals surface area contributed by atoms with Crippen LogP contribution in [0, 0.1) is 0 Å². The minimum Gasteiger partial charge on any atom is -0.309 e. The maximum atomic E-state index is 3.51. The highest BCUT2D eigenvalue weighted by Gasteiger charge is 2.00. The summed E-state index contributed by atoms with van der Waals surface area (Å²) < 4.78 is 0. The lowest BCUT2D eigenvalue weighted by Crippen LogP contribution is -2.12. The topological polar surface area (TPSA) is 24.1 Å². The van der Waals surface area contributed by atoms with Crippen LogP contribution < -0.4 is 10.6 Å². The third kappa shape index (κ3) is 6.92. The molecule has 0 aliphatic rings. The zero-order valence-corrected chi connectivity index (χ0v) is 17.9. The van der Waals surface area contributed by atoms with Crippen molar-refractivity contribution in [3.05, 3.63) is 143 Å². The van der Waals surface area contributed by atoms with Crippen LogP contribution in [0.5, 0.6) is 0 Å². The Bertz CT molecular complexity index is 937.